The number of nitrogens with zero attached hydrogens (tertiary/aromatic N) is 1. The second kappa shape index (κ2) is 15.7. The topological polar surface area (TPSA) is 159 Å². The van der Waals surface area contributed by atoms with E-state index >= 15 is 0 Å². The van der Waals surface area contributed by atoms with Gasteiger partial charge in [0.15, 0.2) is 24.9 Å². The van der Waals surface area contributed by atoms with Crippen molar-refractivity contribution in [2.24, 2.45) is 0 Å². The highest BCUT2D eigenvalue weighted by Gasteiger charge is 2.28. The third-order valence-corrected chi connectivity index (χ3v) is 9.88. The van der Waals surface area contributed by atoms with E-state index in [-0.39, 0.29) is 54.3 Å². The van der Waals surface area contributed by atoms with E-state index < -0.39 is 26.6 Å². The molecule has 0 aliphatic carbocycles. The maximum absolute atomic E-state index is 12.9. The molecule has 0 amide bonds. The molecule has 3 aromatic rings. The van der Waals surface area contributed by atoms with Gasteiger partial charge in [-0.25, -0.2) is 14.6 Å². The van der Waals surface area contributed by atoms with Crippen LogP contribution in [0, 0.1) is 0 Å². The van der Waals surface area contributed by atoms with Crippen molar-refractivity contribution >= 4 is 25.6 Å². The number of ether oxygens (including phenoxy) is 6. The zero-order valence-electron chi connectivity index (χ0n) is 26.9. The number of hydrogen-bond acceptors (Lipinski definition) is 9. The van der Waals surface area contributed by atoms with Crippen molar-refractivity contribution in [3.05, 3.63) is 65.1 Å². The Kier molecular flexibility index (Phi) is 11.7. The van der Waals surface area contributed by atoms with E-state index in [2.05, 4.69) is 36.5 Å². The van der Waals surface area contributed by atoms with E-state index in [9.17, 15) is 19.8 Å². The Morgan fingerprint density at radius 2 is 1.83 bits per heavy atom. The van der Waals surface area contributed by atoms with Gasteiger partial charge in [0, 0.05) is 23.6 Å². The minimum atomic E-state index is -1.62. The highest BCUT2D eigenvalue weighted by atomic mass is 28.3. The molecule has 2 aromatic carbocycles. The summed E-state index contributed by atoms with van der Waals surface area (Å²) in [5.74, 6) is -0.355. The first-order valence-electron chi connectivity index (χ1n) is 15.2. The molecule has 0 saturated heterocycles. The molecule has 1 aromatic heterocycles. The van der Waals surface area contributed by atoms with E-state index in [1.807, 2.05) is 0 Å². The van der Waals surface area contributed by atoms with Crippen molar-refractivity contribution in [1.82, 2.24) is 9.97 Å². The van der Waals surface area contributed by atoms with Gasteiger partial charge < -0.3 is 43.6 Å². The standard InChI is InChI=1S/C33H42N2O10Si/c1-6-7-8-9-30(46(3,4)5)45-20-44-28-17-34-32(35-28)31(23-12-11-22(40-2)16-26(23)41-18-29(36)37)24(33(38)39)14-21-10-13-25-27(15-21)43-19-42-25/h10-13,15-17,30H,6-9,14,18-20H2,1-5H3,(H,34,35)(H,36,37)(H,38,39). The van der Waals surface area contributed by atoms with E-state index in [4.69, 9.17) is 28.4 Å². The lowest BCUT2D eigenvalue weighted by molar-refractivity contribution is -0.139. The van der Waals surface area contributed by atoms with E-state index in [1.165, 1.54) is 19.4 Å². The van der Waals surface area contributed by atoms with E-state index in [1.54, 1.807) is 30.3 Å². The molecule has 12 nitrogen and oxygen atoms in total. The lowest BCUT2D eigenvalue weighted by atomic mass is 9.93. The highest BCUT2D eigenvalue weighted by molar-refractivity contribution is 6.77. The third-order valence-electron chi connectivity index (χ3n) is 7.50. The predicted octanol–water partition coefficient (Wildman–Crippen LogP) is 5.92. The van der Waals surface area contributed by atoms with Crippen molar-refractivity contribution in [3.63, 3.8) is 0 Å². The number of nitrogens with one attached hydrogen (secondary N) is 1. The summed E-state index contributed by atoms with van der Waals surface area (Å²) in [7, 11) is -0.155. The van der Waals surface area contributed by atoms with Gasteiger partial charge in [0.05, 0.1) is 32.7 Å². The Labute approximate surface area is 269 Å². The maximum Gasteiger partial charge on any atom is 0.341 e. The average molecular weight is 655 g/mol. The van der Waals surface area contributed by atoms with Crippen LogP contribution in [-0.2, 0) is 20.7 Å². The van der Waals surface area contributed by atoms with Crippen LogP contribution < -0.4 is 23.7 Å². The fourth-order valence-corrected chi connectivity index (χ4v) is 6.72. The van der Waals surface area contributed by atoms with E-state index in [0.717, 1.165) is 25.7 Å². The Morgan fingerprint density at radius 3 is 2.52 bits per heavy atom. The molecule has 0 spiro atoms. The third kappa shape index (κ3) is 9.04. The van der Waals surface area contributed by atoms with Crippen LogP contribution >= 0.6 is 0 Å². The molecule has 0 bridgehead atoms. The molecule has 0 radical (unpaired) electrons. The first kappa shape index (κ1) is 34.4. The molecule has 4 rings (SSSR count). The van der Waals surface area contributed by atoms with Crippen LogP contribution in [0.4, 0.5) is 0 Å². The number of imidazole rings is 1. The summed E-state index contributed by atoms with van der Waals surface area (Å²) in [5.41, 5.74) is 1.22. The normalized spacial score (nSPS) is 13.6. The second-order valence-corrected chi connectivity index (χ2v) is 17.3. The van der Waals surface area contributed by atoms with Crippen molar-refractivity contribution in [2.45, 2.75) is 64.4 Å². The summed E-state index contributed by atoms with van der Waals surface area (Å²) >= 11 is 0. The first-order valence-corrected chi connectivity index (χ1v) is 18.8. The lowest BCUT2D eigenvalue weighted by Gasteiger charge is -2.28. The summed E-state index contributed by atoms with van der Waals surface area (Å²) < 4.78 is 34.0. The molecule has 248 valence electrons. The fourth-order valence-electron chi connectivity index (χ4n) is 5.08. The molecule has 1 atom stereocenters. The summed E-state index contributed by atoms with van der Waals surface area (Å²) in [5, 5.41) is 19.9. The quantitative estimate of drug-likeness (QED) is 0.0647. The first-order chi connectivity index (χ1) is 22.0. The molecule has 2 heterocycles. The van der Waals surface area contributed by atoms with Gasteiger partial charge >= 0.3 is 11.9 Å². The number of carboxylic acid groups (broad SMARTS) is 2. The number of rotatable bonds is 18. The Morgan fingerprint density at radius 1 is 1.04 bits per heavy atom. The number of methoxy groups -OCH3 is 1. The number of carbonyl (C=O) groups is 2. The molecule has 1 aliphatic heterocycles. The van der Waals surface area contributed by atoms with E-state index in [0.29, 0.717) is 28.4 Å². The molecule has 1 unspecified atom stereocenters. The van der Waals surface area contributed by atoms with Gasteiger partial charge in [-0.2, -0.15) is 0 Å². The zero-order valence-corrected chi connectivity index (χ0v) is 27.9. The number of aromatic amines is 1. The van der Waals surface area contributed by atoms with Gasteiger partial charge in [-0.05, 0) is 36.2 Å². The van der Waals surface area contributed by atoms with Crippen LogP contribution in [0.15, 0.2) is 48.2 Å². The van der Waals surface area contributed by atoms with Gasteiger partial charge in [-0.1, -0.05) is 51.9 Å². The Bertz CT molecular complexity index is 1550. The number of benzene rings is 2. The number of unbranched alkanes of at least 4 members (excludes halogenated alkanes) is 2. The lowest BCUT2D eigenvalue weighted by Crippen LogP contribution is -2.41. The van der Waals surface area contributed by atoms with Crippen LogP contribution in [-0.4, -0.2) is 73.2 Å². The summed E-state index contributed by atoms with van der Waals surface area (Å²) in [6, 6.07) is 9.94. The number of fused-ring (bicyclic) bond motifs is 1. The molecule has 0 fully saturated rings. The van der Waals surface area contributed by atoms with Crippen LogP contribution in [0.1, 0.15) is 49.6 Å². The van der Waals surface area contributed by atoms with Crippen LogP contribution in [0.2, 0.25) is 19.6 Å². The zero-order chi connectivity index (χ0) is 33.3. The second-order valence-electron chi connectivity index (χ2n) is 11.9. The maximum atomic E-state index is 12.9. The largest absolute Gasteiger partial charge is 0.497 e. The van der Waals surface area contributed by atoms with Crippen molar-refractivity contribution in [3.8, 4) is 28.9 Å². The summed E-state index contributed by atoms with van der Waals surface area (Å²) in [6.07, 6.45) is 5.76. The molecule has 0 saturated carbocycles. The smallest absolute Gasteiger partial charge is 0.341 e. The van der Waals surface area contributed by atoms with Crippen molar-refractivity contribution < 1.29 is 48.2 Å². The monoisotopic (exact) mass is 654 g/mol. The SMILES string of the molecule is CCCCCC(OCOc1cnc(C(=C(Cc2ccc3c(c2)OCO3)C(=O)O)c2ccc(OC)cc2OCC(=O)O)[nH]1)[Si](C)(C)C. The van der Waals surface area contributed by atoms with Crippen LogP contribution in [0.3, 0.4) is 0 Å². The summed E-state index contributed by atoms with van der Waals surface area (Å²) in [4.78, 5) is 31.9. The van der Waals surface area contributed by atoms with Gasteiger partial charge in [0.1, 0.15) is 17.3 Å². The van der Waals surface area contributed by atoms with Gasteiger partial charge in [0.25, 0.3) is 0 Å². The van der Waals surface area contributed by atoms with Crippen molar-refractivity contribution in [1.29, 1.82) is 0 Å². The minimum absolute atomic E-state index is 0.000234. The molecule has 13 heteroatoms. The Balaban J connectivity index is 1.72. The fraction of sp³-hybridized carbons (Fsp3) is 0.424. The van der Waals surface area contributed by atoms with Gasteiger partial charge in [0.2, 0.25) is 12.7 Å². The molecular formula is C33H42N2O10Si. The average Bonchev–Trinajstić information content (AvgIpc) is 3.68. The van der Waals surface area contributed by atoms with Crippen LogP contribution in [0.25, 0.3) is 5.57 Å². The summed E-state index contributed by atoms with van der Waals surface area (Å²) in [6.45, 7) is 8.39. The predicted molar refractivity (Wildman–Crippen MR) is 172 cm³/mol. The number of hydrogen-bond donors (Lipinski definition) is 3. The van der Waals surface area contributed by atoms with Gasteiger partial charge in [-0.3, -0.25) is 0 Å². The van der Waals surface area contributed by atoms with Crippen molar-refractivity contribution in [2.75, 3.05) is 27.3 Å². The molecular weight excluding hydrogens is 612 g/mol. The molecule has 3 N–H and O–H groups in total. The van der Waals surface area contributed by atoms with Gasteiger partial charge in [-0.15, -0.1) is 0 Å². The number of aromatic nitrogens is 2. The van der Waals surface area contributed by atoms with Crippen LogP contribution in [0.5, 0.6) is 28.9 Å². The molecule has 1 aliphatic rings. The number of carboxylic acids is 2. The minimum Gasteiger partial charge on any atom is -0.497 e. The molecule has 46 heavy (non-hydrogen) atoms. The Hall–Kier alpha value is -4.49. The highest BCUT2D eigenvalue weighted by Crippen LogP contribution is 2.38. The number of H-pyrrole nitrogens is 1. The number of aliphatic carboxylic acids is 2.